The molecule has 0 aliphatic carbocycles. The van der Waals surface area contributed by atoms with Gasteiger partial charge >= 0.3 is 0 Å². The van der Waals surface area contributed by atoms with Gasteiger partial charge in [-0.2, -0.15) is 0 Å². The van der Waals surface area contributed by atoms with E-state index in [1.165, 1.54) is 12.1 Å². The van der Waals surface area contributed by atoms with Gasteiger partial charge in [0.2, 0.25) is 0 Å². The average molecular weight is 304 g/mol. The van der Waals surface area contributed by atoms with E-state index in [0.717, 1.165) is 19.5 Å². The molecule has 1 aliphatic heterocycles. The first kappa shape index (κ1) is 14.6. The zero-order valence-corrected chi connectivity index (χ0v) is 12.0. The van der Waals surface area contributed by atoms with E-state index < -0.39 is 0 Å². The molecule has 0 radical (unpaired) electrons. The van der Waals surface area contributed by atoms with Crippen molar-refractivity contribution in [3.8, 4) is 5.75 Å². The molecule has 22 heavy (non-hydrogen) atoms. The van der Waals surface area contributed by atoms with Gasteiger partial charge in [-0.15, -0.1) is 0 Å². The lowest BCUT2D eigenvalue weighted by Crippen LogP contribution is -2.35. The summed E-state index contributed by atoms with van der Waals surface area (Å²) in [5.41, 5.74) is 0. The van der Waals surface area contributed by atoms with E-state index >= 15 is 0 Å². The molecule has 0 bridgehead atoms. The summed E-state index contributed by atoms with van der Waals surface area (Å²) >= 11 is 0. The van der Waals surface area contributed by atoms with E-state index in [9.17, 15) is 9.18 Å². The number of ether oxygens (including phenoxy) is 1. The number of hydrogen-bond acceptors (Lipinski definition) is 4. The summed E-state index contributed by atoms with van der Waals surface area (Å²) in [6.45, 7) is 1.89. The van der Waals surface area contributed by atoms with Crippen LogP contribution in [0.25, 0.3) is 0 Å². The summed E-state index contributed by atoms with van der Waals surface area (Å²) < 4.78 is 23.7. The van der Waals surface area contributed by atoms with Crippen LogP contribution in [0.4, 0.5) is 4.39 Å². The highest BCUT2D eigenvalue weighted by Crippen LogP contribution is 2.15. The van der Waals surface area contributed by atoms with Crippen LogP contribution in [-0.4, -0.2) is 25.0 Å². The van der Waals surface area contributed by atoms with Crippen LogP contribution in [0, 0.1) is 5.82 Å². The number of halogens is 1. The van der Waals surface area contributed by atoms with Gasteiger partial charge in [0, 0.05) is 12.6 Å². The second-order valence-corrected chi connectivity index (χ2v) is 5.17. The van der Waals surface area contributed by atoms with Gasteiger partial charge < -0.3 is 19.8 Å². The summed E-state index contributed by atoms with van der Waals surface area (Å²) in [5.74, 6) is 0.817. The minimum absolute atomic E-state index is 0.150. The van der Waals surface area contributed by atoms with E-state index in [0.29, 0.717) is 11.5 Å². The number of hydrogen-bond donors (Lipinski definition) is 2. The van der Waals surface area contributed by atoms with Crippen molar-refractivity contribution in [1.29, 1.82) is 0 Å². The Kier molecular flexibility index (Phi) is 4.39. The highest BCUT2D eigenvalue weighted by atomic mass is 19.1. The largest absolute Gasteiger partial charge is 0.486 e. The molecule has 1 atom stereocenters. The monoisotopic (exact) mass is 304 g/mol. The minimum Gasteiger partial charge on any atom is -0.486 e. The second-order valence-electron chi connectivity index (χ2n) is 5.17. The normalized spacial score (nSPS) is 17.4. The molecule has 1 unspecified atom stereocenters. The second kappa shape index (κ2) is 6.62. The summed E-state index contributed by atoms with van der Waals surface area (Å²) in [6.07, 6.45) is 0.924. The number of carbonyl (C=O) groups excluding carboxylic acids is 1. The Balaban J connectivity index is 1.54. The molecule has 0 saturated carbocycles. The van der Waals surface area contributed by atoms with Crippen molar-refractivity contribution in [2.24, 2.45) is 0 Å². The zero-order chi connectivity index (χ0) is 15.4. The van der Waals surface area contributed by atoms with Crippen LogP contribution in [0.1, 0.15) is 22.7 Å². The highest BCUT2D eigenvalue weighted by molar-refractivity contribution is 5.91. The Labute approximate surface area is 127 Å². The molecule has 1 amide bonds. The summed E-state index contributed by atoms with van der Waals surface area (Å²) in [7, 11) is 0. The van der Waals surface area contributed by atoms with Gasteiger partial charge in [0.05, 0.1) is 0 Å². The first-order valence-corrected chi connectivity index (χ1v) is 7.19. The first-order chi connectivity index (χ1) is 10.7. The Hall–Kier alpha value is -2.34. The third-order valence-corrected chi connectivity index (χ3v) is 3.48. The fourth-order valence-corrected chi connectivity index (χ4v) is 2.30. The van der Waals surface area contributed by atoms with Crippen LogP contribution in [-0.2, 0) is 6.61 Å². The van der Waals surface area contributed by atoms with E-state index in [-0.39, 0.29) is 30.1 Å². The van der Waals surface area contributed by atoms with Crippen molar-refractivity contribution in [2.45, 2.75) is 19.1 Å². The molecule has 2 heterocycles. The molecule has 1 aromatic carbocycles. The van der Waals surface area contributed by atoms with Crippen LogP contribution in [0.15, 0.2) is 40.8 Å². The molecule has 0 spiro atoms. The number of amides is 1. The highest BCUT2D eigenvalue weighted by Gasteiger charge is 2.19. The maximum Gasteiger partial charge on any atom is 0.287 e. The third-order valence-electron chi connectivity index (χ3n) is 3.48. The van der Waals surface area contributed by atoms with Crippen LogP contribution in [0.3, 0.4) is 0 Å². The molecule has 3 rings (SSSR count). The van der Waals surface area contributed by atoms with Crippen molar-refractivity contribution < 1.29 is 18.3 Å². The molecule has 2 N–H and O–H groups in total. The van der Waals surface area contributed by atoms with Crippen LogP contribution in [0.2, 0.25) is 0 Å². The fourth-order valence-electron chi connectivity index (χ4n) is 2.30. The van der Waals surface area contributed by atoms with Gasteiger partial charge in [-0.1, -0.05) is 0 Å². The van der Waals surface area contributed by atoms with Crippen LogP contribution >= 0.6 is 0 Å². The molecule has 116 valence electrons. The fraction of sp³-hybridized carbons (Fsp3) is 0.312. The van der Waals surface area contributed by atoms with E-state index in [1.807, 2.05) is 0 Å². The third kappa shape index (κ3) is 3.65. The Morgan fingerprint density at radius 1 is 1.32 bits per heavy atom. The van der Waals surface area contributed by atoms with Gasteiger partial charge in [-0.05, 0) is 49.4 Å². The topological polar surface area (TPSA) is 63.5 Å². The first-order valence-electron chi connectivity index (χ1n) is 7.19. The van der Waals surface area contributed by atoms with Crippen molar-refractivity contribution in [2.75, 3.05) is 13.1 Å². The maximum absolute atomic E-state index is 12.8. The van der Waals surface area contributed by atoms with Gasteiger partial charge in [0.25, 0.3) is 5.91 Å². The molecule has 1 aliphatic rings. The Morgan fingerprint density at radius 2 is 2.14 bits per heavy atom. The lowest BCUT2D eigenvalue weighted by Gasteiger charge is -2.09. The molecule has 1 fully saturated rings. The lowest BCUT2D eigenvalue weighted by molar-refractivity contribution is 0.0908. The minimum atomic E-state index is -0.314. The number of furan rings is 1. The molecular weight excluding hydrogens is 287 g/mol. The quantitative estimate of drug-likeness (QED) is 0.888. The van der Waals surface area contributed by atoms with Crippen LogP contribution < -0.4 is 15.4 Å². The average Bonchev–Trinajstić information content (AvgIpc) is 3.18. The van der Waals surface area contributed by atoms with Gasteiger partial charge in [-0.25, -0.2) is 4.39 Å². The molecule has 6 heteroatoms. The number of rotatable bonds is 5. The SMILES string of the molecule is O=C(NC1CCNC1)c1ccc(COc2ccc(F)cc2)o1. The molecular formula is C16H17FN2O3. The van der Waals surface area contributed by atoms with Crippen molar-refractivity contribution in [3.05, 3.63) is 53.7 Å². The van der Waals surface area contributed by atoms with Gasteiger partial charge in [0.1, 0.15) is 23.9 Å². The van der Waals surface area contributed by atoms with Gasteiger partial charge in [-0.3, -0.25) is 4.79 Å². The molecule has 2 aromatic rings. The van der Waals surface area contributed by atoms with E-state index in [1.54, 1.807) is 24.3 Å². The standard InChI is InChI=1S/C16H17FN2O3/c17-11-1-3-13(4-2-11)21-10-14-5-6-15(22-14)16(20)19-12-7-8-18-9-12/h1-6,12,18H,7-10H2,(H,19,20). The lowest BCUT2D eigenvalue weighted by atomic mass is 10.2. The summed E-state index contributed by atoms with van der Waals surface area (Å²) in [4.78, 5) is 12.0. The molecule has 1 saturated heterocycles. The maximum atomic E-state index is 12.8. The Morgan fingerprint density at radius 3 is 2.86 bits per heavy atom. The smallest absolute Gasteiger partial charge is 0.287 e. The Bertz CT molecular complexity index is 633. The van der Waals surface area contributed by atoms with Crippen molar-refractivity contribution in [1.82, 2.24) is 10.6 Å². The van der Waals surface area contributed by atoms with Crippen LogP contribution in [0.5, 0.6) is 5.75 Å². The predicted molar refractivity (Wildman–Crippen MR) is 78.2 cm³/mol. The van der Waals surface area contributed by atoms with Crippen molar-refractivity contribution in [3.63, 3.8) is 0 Å². The van der Waals surface area contributed by atoms with Crippen molar-refractivity contribution >= 4 is 5.91 Å². The number of nitrogens with one attached hydrogen (secondary N) is 2. The predicted octanol–water partition coefficient (Wildman–Crippen LogP) is 2.09. The molecule has 1 aromatic heterocycles. The number of carbonyl (C=O) groups is 1. The summed E-state index contributed by atoms with van der Waals surface area (Å²) in [5, 5.41) is 6.10. The summed E-state index contributed by atoms with van der Waals surface area (Å²) in [6, 6.07) is 9.21. The van der Waals surface area contributed by atoms with E-state index in [2.05, 4.69) is 10.6 Å². The van der Waals surface area contributed by atoms with E-state index in [4.69, 9.17) is 9.15 Å². The van der Waals surface area contributed by atoms with Gasteiger partial charge in [0.15, 0.2) is 5.76 Å². The number of benzene rings is 1. The molecule has 5 nitrogen and oxygen atoms in total. The zero-order valence-electron chi connectivity index (χ0n) is 12.0.